The van der Waals surface area contributed by atoms with Gasteiger partial charge in [0.05, 0.1) is 6.61 Å². The minimum absolute atomic E-state index is 0.750. The molecule has 0 saturated heterocycles. The van der Waals surface area contributed by atoms with Crippen LogP contribution in [0.5, 0.6) is 0 Å². The maximum absolute atomic E-state index is 5.12. The van der Waals surface area contributed by atoms with Gasteiger partial charge in [-0.3, -0.25) is 0 Å². The molecule has 0 unspecified atom stereocenters. The first-order valence-corrected chi connectivity index (χ1v) is 10.5. The van der Waals surface area contributed by atoms with Crippen molar-refractivity contribution in [1.29, 1.82) is 0 Å². The number of benzene rings is 2. The number of ether oxygens (including phenoxy) is 1. The van der Waals surface area contributed by atoms with Crippen molar-refractivity contribution in [2.24, 2.45) is 5.92 Å². The number of hydrogen-bond acceptors (Lipinski definition) is 1. The molecule has 0 spiro atoms. The van der Waals surface area contributed by atoms with Gasteiger partial charge in [0.2, 0.25) is 0 Å². The van der Waals surface area contributed by atoms with Gasteiger partial charge in [0.15, 0.2) is 0 Å². The maximum Gasteiger partial charge on any atom is 0.0502 e. The van der Waals surface area contributed by atoms with Gasteiger partial charge in [0.25, 0.3) is 0 Å². The molecular formula is C26H32O. The highest BCUT2D eigenvalue weighted by atomic mass is 16.5. The van der Waals surface area contributed by atoms with Crippen LogP contribution in [0.4, 0.5) is 0 Å². The van der Waals surface area contributed by atoms with Crippen molar-refractivity contribution in [3.8, 4) is 11.8 Å². The molecule has 0 heterocycles. The summed E-state index contributed by atoms with van der Waals surface area (Å²) in [6.07, 6.45) is 9.20. The second-order valence-corrected chi connectivity index (χ2v) is 7.82. The van der Waals surface area contributed by atoms with Gasteiger partial charge in [-0.1, -0.05) is 55.9 Å². The maximum atomic E-state index is 5.12. The average Bonchev–Trinajstić information content (AvgIpc) is 2.73. The van der Waals surface area contributed by atoms with Gasteiger partial charge >= 0.3 is 0 Å². The van der Waals surface area contributed by atoms with Gasteiger partial charge in [-0.25, -0.2) is 0 Å². The van der Waals surface area contributed by atoms with Gasteiger partial charge < -0.3 is 4.74 Å². The van der Waals surface area contributed by atoms with Crippen LogP contribution in [-0.2, 0) is 11.2 Å². The lowest BCUT2D eigenvalue weighted by atomic mass is 9.77. The quantitative estimate of drug-likeness (QED) is 0.545. The zero-order valence-corrected chi connectivity index (χ0v) is 16.8. The van der Waals surface area contributed by atoms with Crippen LogP contribution in [-0.4, -0.2) is 13.7 Å². The Morgan fingerprint density at radius 1 is 0.852 bits per heavy atom. The van der Waals surface area contributed by atoms with E-state index in [4.69, 9.17) is 4.74 Å². The van der Waals surface area contributed by atoms with Crippen molar-refractivity contribution in [3.63, 3.8) is 0 Å². The third-order valence-electron chi connectivity index (χ3n) is 5.83. The smallest absolute Gasteiger partial charge is 0.0502 e. The molecule has 1 aliphatic carbocycles. The van der Waals surface area contributed by atoms with Crippen molar-refractivity contribution < 1.29 is 4.74 Å². The zero-order valence-electron chi connectivity index (χ0n) is 16.8. The van der Waals surface area contributed by atoms with Gasteiger partial charge in [-0.05, 0) is 79.3 Å². The third-order valence-corrected chi connectivity index (χ3v) is 5.83. The van der Waals surface area contributed by atoms with Crippen LogP contribution in [0.2, 0.25) is 0 Å². The highest BCUT2D eigenvalue weighted by Gasteiger charge is 2.21. The lowest BCUT2D eigenvalue weighted by Crippen LogP contribution is -2.13. The Labute approximate surface area is 165 Å². The molecule has 1 heteroatoms. The molecule has 27 heavy (non-hydrogen) atoms. The topological polar surface area (TPSA) is 9.23 Å². The van der Waals surface area contributed by atoms with E-state index >= 15 is 0 Å². The Bertz CT molecular complexity index is 738. The lowest BCUT2D eigenvalue weighted by Gasteiger charge is -2.28. The summed E-state index contributed by atoms with van der Waals surface area (Å²) in [5.41, 5.74) is 4.95. The summed E-state index contributed by atoms with van der Waals surface area (Å²) in [6, 6.07) is 17.4. The zero-order chi connectivity index (χ0) is 18.9. The Balaban J connectivity index is 1.56. The van der Waals surface area contributed by atoms with E-state index in [1.165, 1.54) is 49.7 Å². The normalized spacial score (nSPS) is 19.3. The van der Waals surface area contributed by atoms with Crippen LogP contribution in [0.1, 0.15) is 73.6 Å². The van der Waals surface area contributed by atoms with E-state index in [-0.39, 0.29) is 0 Å². The van der Waals surface area contributed by atoms with E-state index < -0.39 is 0 Å². The van der Waals surface area contributed by atoms with Gasteiger partial charge in [-0.2, -0.15) is 0 Å². The predicted octanol–water partition coefficient (Wildman–Crippen LogP) is 6.35. The SMILES string of the molecule is CCCC1CCC(c2ccc(C#Cc3ccc(CCOC)cc3)cc2)CC1. The molecule has 2 aromatic rings. The largest absolute Gasteiger partial charge is 0.384 e. The summed E-state index contributed by atoms with van der Waals surface area (Å²) < 4.78 is 5.12. The van der Waals surface area contributed by atoms with Crippen molar-refractivity contribution in [2.45, 2.75) is 57.8 Å². The summed E-state index contributed by atoms with van der Waals surface area (Å²) in [7, 11) is 1.74. The molecule has 142 valence electrons. The minimum atomic E-state index is 0.750. The van der Waals surface area contributed by atoms with Crippen molar-refractivity contribution in [2.75, 3.05) is 13.7 Å². The molecule has 0 aromatic heterocycles. The van der Waals surface area contributed by atoms with E-state index in [1.54, 1.807) is 7.11 Å². The number of rotatable bonds is 6. The van der Waals surface area contributed by atoms with Crippen LogP contribution in [0.25, 0.3) is 0 Å². The van der Waals surface area contributed by atoms with Crippen LogP contribution in [0.3, 0.4) is 0 Å². The van der Waals surface area contributed by atoms with Crippen LogP contribution < -0.4 is 0 Å². The molecule has 0 atom stereocenters. The fourth-order valence-electron chi connectivity index (χ4n) is 4.15. The average molecular weight is 361 g/mol. The van der Waals surface area contributed by atoms with E-state index in [0.717, 1.165) is 36.0 Å². The molecule has 1 saturated carbocycles. The summed E-state index contributed by atoms with van der Waals surface area (Å²) in [4.78, 5) is 0. The van der Waals surface area contributed by atoms with Crippen molar-refractivity contribution in [3.05, 3.63) is 70.8 Å². The van der Waals surface area contributed by atoms with Crippen LogP contribution >= 0.6 is 0 Å². The van der Waals surface area contributed by atoms with E-state index in [9.17, 15) is 0 Å². The minimum Gasteiger partial charge on any atom is -0.384 e. The first-order chi connectivity index (χ1) is 13.3. The first-order valence-electron chi connectivity index (χ1n) is 10.5. The summed E-state index contributed by atoms with van der Waals surface area (Å²) in [5.74, 6) is 8.30. The number of hydrogen-bond donors (Lipinski definition) is 0. The van der Waals surface area contributed by atoms with Crippen LogP contribution in [0.15, 0.2) is 48.5 Å². The molecule has 3 rings (SSSR count). The standard InChI is InChI=1S/C26H32O/c1-3-4-21-11-15-25(16-12-21)26-17-13-23(14-18-26)6-5-22-7-9-24(10-8-22)19-20-27-2/h7-10,13-14,17-18,21,25H,3-4,11-12,15-16,19-20H2,1-2H3. The van der Waals surface area contributed by atoms with E-state index in [1.807, 2.05) is 0 Å². The van der Waals surface area contributed by atoms with Crippen molar-refractivity contribution >= 4 is 0 Å². The molecule has 0 bridgehead atoms. The molecule has 1 fully saturated rings. The Hall–Kier alpha value is -2.04. The molecule has 0 N–H and O–H groups in total. The lowest BCUT2D eigenvalue weighted by molar-refractivity contribution is 0.202. The van der Waals surface area contributed by atoms with E-state index in [2.05, 4.69) is 67.3 Å². The van der Waals surface area contributed by atoms with Gasteiger partial charge in [-0.15, -0.1) is 0 Å². The molecule has 1 nitrogen and oxygen atoms in total. The fraction of sp³-hybridized carbons (Fsp3) is 0.462. The molecule has 0 aliphatic heterocycles. The highest BCUT2D eigenvalue weighted by Crippen LogP contribution is 2.37. The Kier molecular flexibility index (Phi) is 7.55. The predicted molar refractivity (Wildman–Crippen MR) is 114 cm³/mol. The molecule has 1 aliphatic rings. The molecule has 0 radical (unpaired) electrons. The highest BCUT2D eigenvalue weighted by molar-refractivity contribution is 5.44. The first kappa shape index (κ1) is 19.7. The molecular weight excluding hydrogens is 328 g/mol. The second-order valence-electron chi connectivity index (χ2n) is 7.82. The fourth-order valence-corrected chi connectivity index (χ4v) is 4.15. The van der Waals surface area contributed by atoms with Gasteiger partial charge in [0, 0.05) is 18.2 Å². The van der Waals surface area contributed by atoms with E-state index in [0.29, 0.717) is 0 Å². The van der Waals surface area contributed by atoms with Crippen LogP contribution in [0, 0.1) is 17.8 Å². The molecule has 0 amide bonds. The monoisotopic (exact) mass is 360 g/mol. The molecule has 2 aromatic carbocycles. The van der Waals surface area contributed by atoms with Gasteiger partial charge in [0.1, 0.15) is 0 Å². The second kappa shape index (κ2) is 10.3. The summed E-state index contributed by atoms with van der Waals surface area (Å²) in [6.45, 7) is 3.07. The summed E-state index contributed by atoms with van der Waals surface area (Å²) in [5, 5.41) is 0. The Morgan fingerprint density at radius 2 is 1.44 bits per heavy atom. The number of methoxy groups -OCH3 is 1. The summed E-state index contributed by atoms with van der Waals surface area (Å²) >= 11 is 0. The van der Waals surface area contributed by atoms with Crippen molar-refractivity contribution in [1.82, 2.24) is 0 Å². The Morgan fingerprint density at radius 3 is 2.00 bits per heavy atom. The third kappa shape index (κ3) is 5.98.